The number of rotatable bonds is 4. The number of hydrogen-bond acceptors (Lipinski definition) is 1. The molecule has 4 bridgehead atoms. The Hall–Kier alpha value is -1.57. The molecule has 1 aromatic rings. The average molecular weight is 298 g/mol. The van der Waals surface area contributed by atoms with Crippen LogP contribution in [0.25, 0.3) is 5.76 Å². The summed E-state index contributed by atoms with van der Waals surface area (Å²) in [6.07, 6.45) is 6.26. The smallest absolute Gasteiger partial charge is 0.126 e. The first-order valence-corrected chi connectivity index (χ1v) is 8.40. The van der Waals surface area contributed by atoms with Gasteiger partial charge in [-0.2, -0.15) is 0 Å². The highest BCUT2D eigenvalue weighted by molar-refractivity contribution is 5.65. The maximum Gasteiger partial charge on any atom is 0.126 e. The molecule has 0 radical (unpaired) electrons. The van der Waals surface area contributed by atoms with Crippen LogP contribution in [0, 0.1) is 17.8 Å². The Balaban J connectivity index is 1.77. The third-order valence-corrected chi connectivity index (χ3v) is 5.64. The van der Waals surface area contributed by atoms with Gasteiger partial charge in [-0.1, -0.05) is 43.0 Å². The Morgan fingerprint density at radius 2 is 1.86 bits per heavy atom. The van der Waals surface area contributed by atoms with Crippen molar-refractivity contribution in [2.24, 2.45) is 17.8 Å². The molecule has 0 N–H and O–H groups in total. The lowest BCUT2D eigenvalue weighted by Gasteiger charge is -2.54. The van der Waals surface area contributed by atoms with Crippen molar-refractivity contribution >= 4 is 5.76 Å². The van der Waals surface area contributed by atoms with E-state index in [1.807, 2.05) is 18.2 Å². The Morgan fingerprint density at radius 1 is 1.18 bits per heavy atom. The Bertz CT molecular complexity index is 585. The molecule has 0 saturated heterocycles. The molecule has 5 rings (SSSR count). The summed E-state index contributed by atoms with van der Waals surface area (Å²) < 4.78 is 21.0. The van der Waals surface area contributed by atoms with E-state index in [-0.39, 0.29) is 0 Å². The molecule has 0 aliphatic heterocycles. The lowest BCUT2D eigenvalue weighted by Crippen LogP contribution is -2.49. The number of benzene rings is 1. The van der Waals surface area contributed by atoms with E-state index < -0.39 is 5.67 Å². The van der Waals surface area contributed by atoms with Gasteiger partial charge in [-0.05, 0) is 55.4 Å². The molecule has 2 heteroatoms. The van der Waals surface area contributed by atoms with Gasteiger partial charge in [-0.25, -0.2) is 4.39 Å². The molecule has 4 atom stereocenters. The second kappa shape index (κ2) is 5.26. The zero-order valence-electron chi connectivity index (χ0n) is 12.9. The summed E-state index contributed by atoms with van der Waals surface area (Å²) in [5.41, 5.74) is 1.61. The molecule has 1 nitrogen and oxygen atoms in total. The highest BCUT2D eigenvalue weighted by Gasteiger charge is 2.54. The summed E-state index contributed by atoms with van der Waals surface area (Å²) >= 11 is 0. The normalized spacial score (nSPS) is 38.0. The largest absolute Gasteiger partial charge is 0.489 e. The summed E-state index contributed by atoms with van der Waals surface area (Å²) in [6, 6.07) is 10.3. The lowest BCUT2D eigenvalue weighted by atomic mass is 9.52. The third kappa shape index (κ3) is 2.29. The van der Waals surface area contributed by atoms with Crippen molar-refractivity contribution in [3.05, 3.63) is 54.1 Å². The molecule has 22 heavy (non-hydrogen) atoms. The quantitative estimate of drug-likeness (QED) is 0.552. The monoisotopic (exact) mass is 298 g/mol. The molecule has 1 aromatic carbocycles. The number of hydrogen-bond donors (Lipinski definition) is 0. The van der Waals surface area contributed by atoms with E-state index in [0.717, 1.165) is 30.6 Å². The zero-order valence-corrected chi connectivity index (χ0v) is 12.9. The SMILES string of the molecule is C=CCOC(=C1[C@@H]2CC3C[C@H]1CC(F)(C3)C2)c1ccccc1. The van der Waals surface area contributed by atoms with E-state index in [0.29, 0.717) is 37.2 Å². The predicted molar refractivity (Wildman–Crippen MR) is 86.9 cm³/mol. The van der Waals surface area contributed by atoms with Crippen LogP contribution in [0.3, 0.4) is 0 Å². The van der Waals surface area contributed by atoms with Crippen LogP contribution in [0.1, 0.15) is 37.7 Å². The van der Waals surface area contributed by atoms with Gasteiger partial charge in [-0.3, -0.25) is 0 Å². The van der Waals surface area contributed by atoms with Crippen molar-refractivity contribution in [3.63, 3.8) is 0 Å². The van der Waals surface area contributed by atoms with Crippen LogP contribution in [0.15, 0.2) is 48.6 Å². The van der Waals surface area contributed by atoms with Crippen molar-refractivity contribution in [2.75, 3.05) is 6.61 Å². The van der Waals surface area contributed by atoms with Crippen molar-refractivity contribution in [1.82, 2.24) is 0 Å². The van der Waals surface area contributed by atoms with Gasteiger partial charge in [0.2, 0.25) is 0 Å². The van der Waals surface area contributed by atoms with E-state index in [1.54, 1.807) is 6.08 Å². The summed E-state index contributed by atoms with van der Waals surface area (Å²) in [5.74, 6) is 2.33. The predicted octanol–water partition coefficient (Wildman–Crippen LogP) is 5.15. The molecule has 4 fully saturated rings. The first-order chi connectivity index (χ1) is 10.7. The van der Waals surface area contributed by atoms with Crippen LogP contribution in [0.5, 0.6) is 0 Å². The van der Waals surface area contributed by atoms with Crippen LogP contribution in [-0.2, 0) is 4.74 Å². The first-order valence-electron chi connectivity index (χ1n) is 8.40. The Labute approximate surface area is 131 Å². The molecule has 0 aromatic heterocycles. The first kappa shape index (κ1) is 14.0. The number of allylic oxidation sites excluding steroid dienone is 1. The molecule has 4 saturated carbocycles. The van der Waals surface area contributed by atoms with Gasteiger partial charge in [0.15, 0.2) is 0 Å². The Kier molecular flexibility index (Phi) is 3.36. The molecule has 4 aliphatic rings. The van der Waals surface area contributed by atoms with E-state index in [4.69, 9.17) is 4.74 Å². The van der Waals surface area contributed by atoms with E-state index in [9.17, 15) is 4.39 Å². The van der Waals surface area contributed by atoms with Crippen LogP contribution in [-0.4, -0.2) is 12.3 Å². The summed E-state index contributed by atoms with van der Waals surface area (Å²) in [7, 11) is 0. The van der Waals surface area contributed by atoms with Crippen LogP contribution in [0.2, 0.25) is 0 Å². The second-order valence-corrected chi connectivity index (χ2v) is 7.24. The highest BCUT2D eigenvalue weighted by atomic mass is 19.1. The maximum atomic E-state index is 14.9. The van der Waals surface area contributed by atoms with Gasteiger partial charge >= 0.3 is 0 Å². The zero-order chi connectivity index (χ0) is 15.2. The Morgan fingerprint density at radius 3 is 2.45 bits per heavy atom. The van der Waals surface area contributed by atoms with Gasteiger partial charge in [0, 0.05) is 5.56 Å². The molecule has 2 unspecified atom stereocenters. The van der Waals surface area contributed by atoms with Crippen molar-refractivity contribution in [3.8, 4) is 0 Å². The van der Waals surface area contributed by atoms with Crippen molar-refractivity contribution < 1.29 is 9.13 Å². The maximum absolute atomic E-state index is 14.9. The minimum Gasteiger partial charge on any atom is -0.489 e. The summed E-state index contributed by atoms with van der Waals surface area (Å²) in [6.45, 7) is 4.28. The van der Waals surface area contributed by atoms with Gasteiger partial charge in [0.05, 0.1) is 0 Å². The molecule has 0 spiro atoms. The lowest BCUT2D eigenvalue weighted by molar-refractivity contribution is -0.0416. The second-order valence-electron chi connectivity index (χ2n) is 7.24. The van der Waals surface area contributed by atoms with Crippen LogP contribution < -0.4 is 0 Å². The topological polar surface area (TPSA) is 9.23 Å². The molecule has 0 heterocycles. The molecule has 4 aliphatic carbocycles. The summed E-state index contributed by atoms with van der Waals surface area (Å²) in [5, 5.41) is 0. The van der Waals surface area contributed by atoms with Crippen LogP contribution >= 0.6 is 0 Å². The van der Waals surface area contributed by atoms with E-state index >= 15 is 0 Å². The summed E-state index contributed by atoms with van der Waals surface area (Å²) in [4.78, 5) is 0. The fourth-order valence-corrected chi connectivity index (χ4v) is 5.13. The highest BCUT2D eigenvalue weighted by Crippen LogP contribution is 2.60. The fraction of sp³-hybridized carbons (Fsp3) is 0.500. The van der Waals surface area contributed by atoms with Gasteiger partial charge in [0.1, 0.15) is 18.0 Å². The van der Waals surface area contributed by atoms with Crippen molar-refractivity contribution in [2.45, 2.75) is 37.8 Å². The average Bonchev–Trinajstić information content (AvgIpc) is 2.49. The van der Waals surface area contributed by atoms with Crippen LogP contribution in [0.4, 0.5) is 4.39 Å². The van der Waals surface area contributed by atoms with Gasteiger partial charge in [-0.15, -0.1) is 0 Å². The van der Waals surface area contributed by atoms with Crippen molar-refractivity contribution in [1.29, 1.82) is 0 Å². The standard InChI is InChI=1S/C20H23FO/c1-2-8-22-19(15-6-4-3-5-7-15)18-16-9-14-10-17(18)13-20(21,11-14)12-16/h2-7,14,16-17H,1,8-13H2/t14?,16-,17+,20?. The number of ether oxygens (including phenoxy) is 1. The van der Waals surface area contributed by atoms with Gasteiger partial charge < -0.3 is 4.74 Å². The number of alkyl halides is 1. The molecular formula is C20H23FO. The van der Waals surface area contributed by atoms with E-state index in [2.05, 4.69) is 18.7 Å². The minimum atomic E-state index is -0.903. The third-order valence-electron chi connectivity index (χ3n) is 5.64. The minimum absolute atomic E-state index is 0.372. The molecule has 0 amide bonds. The molecule has 116 valence electrons. The van der Waals surface area contributed by atoms with E-state index in [1.165, 1.54) is 5.57 Å². The fourth-order valence-electron chi connectivity index (χ4n) is 5.13. The molecular weight excluding hydrogens is 275 g/mol. The van der Waals surface area contributed by atoms with Gasteiger partial charge in [0.25, 0.3) is 0 Å². The number of halogens is 1.